The third-order valence-corrected chi connectivity index (χ3v) is 5.28. The Balaban J connectivity index is 1.40. The highest BCUT2D eigenvalue weighted by molar-refractivity contribution is 5.95. The summed E-state index contributed by atoms with van der Waals surface area (Å²) in [6.45, 7) is 3.99. The minimum atomic E-state index is 0.111. The van der Waals surface area contributed by atoms with E-state index in [4.69, 9.17) is 9.47 Å². The van der Waals surface area contributed by atoms with Crippen molar-refractivity contribution in [3.05, 3.63) is 23.8 Å². The second kappa shape index (κ2) is 6.40. The maximum Gasteiger partial charge on any atom is 0.253 e. The second-order valence-corrected chi connectivity index (χ2v) is 6.69. The van der Waals surface area contributed by atoms with E-state index in [1.54, 1.807) is 0 Å². The number of nitrogens with one attached hydrogen (secondary N) is 1. The summed E-state index contributed by atoms with van der Waals surface area (Å²) in [5.41, 5.74) is 0.701. The SMILES string of the molecule is O=C(c1ccc2c(c1)OCCO2)N1CCC(C2CCCN2)CC1. The van der Waals surface area contributed by atoms with Gasteiger partial charge in [0.15, 0.2) is 11.5 Å². The smallest absolute Gasteiger partial charge is 0.253 e. The van der Waals surface area contributed by atoms with Crippen molar-refractivity contribution >= 4 is 5.91 Å². The summed E-state index contributed by atoms with van der Waals surface area (Å²) < 4.78 is 11.1. The van der Waals surface area contributed by atoms with Gasteiger partial charge in [-0.3, -0.25) is 4.79 Å². The Morgan fingerprint density at radius 3 is 2.61 bits per heavy atom. The molecule has 5 nitrogen and oxygen atoms in total. The summed E-state index contributed by atoms with van der Waals surface area (Å²) in [6.07, 6.45) is 4.80. The van der Waals surface area contributed by atoms with Gasteiger partial charge in [0.1, 0.15) is 13.2 Å². The largest absolute Gasteiger partial charge is 0.486 e. The van der Waals surface area contributed by atoms with Crippen LogP contribution < -0.4 is 14.8 Å². The van der Waals surface area contributed by atoms with Gasteiger partial charge < -0.3 is 19.7 Å². The molecule has 4 rings (SSSR count). The number of likely N-dealkylation sites (tertiary alicyclic amines) is 1. The predicted octanol–water partition coefficient (Wildman–Crippen LogP) is 2.06. The maximum absolute atomic E-state index is 12.7. The lowest BCUT2D eigenvalue weighted by Gasteiger charge is -2.35. The summed E-state index contributed by atoms with van der Waals surface area (Å²) in [5.74, 6) is 2.26. The predicted molar refractivity (Wildman–Crippen MR) is 87.1 cm³/mol. The minimum Gasteiger partial charge on any atom is -0.486 e. The first-order chi connectivity index (χ1) is 11.3. The van der Waals surface area contributed by atoms with Crippen molar-refractivity contribution in [2.24, 2.45) is 5.92 Å². The average molecular weight is 316 g/mol. The van der Waals surface area contributed by atoms with Crippen molar-refractivity contribution in [3.8, 4) is 11.5 Å². The van der Waals surface area contributed by atoms with E-state index in [1.807, 2.05) is 23.1 Å². The third kappa shape index (κ3) is 3.02. The Morgan fingerprint density at radius 1 is 1.09 bits per heavy atom. The zero-order valence-corrected chi connectivity index (χ0v) is 13.4. The standard InChI is InChI=1S/C18H24N2O3/c21-18(14-3-4-16-17(12-14)23-11-10-22-16)20-8-5-13(6-9-20)15-2-1-7-19-15/h3-4,12-13,15,19H,1-2,5-11H2. The first-order valence-corrected chi connectivity index (χ1v) is 8.73. The molecule has 2 fully saturated rings. The fraction of sp³-hybridized carbons (Fsp3) is 0.611. The number of amides is 1. The van der Waals surface area contributed by atoms with Gasteiger partial charge in [-0.15, -0.1) is 0 Å². The van der Waals surface area contributed by atoms with Crippen molar-refractivity contribution < 1.29 is 14.3 Å². The minimum absolute atomic E-state index is 0.111. The molecule has 1 aromatic carbocycles. The fourth-order valence-corrected chi connectivity index (χ4v) is 3.98. The van der Waals surface area contributed by atoms with Crippen LogP contribution in [0.1, 0.15) is 36.0 Å². The van der Waals surface area contributed by atoms with Crippen LogP contribution in [0.25, 0.3) is 0 Å². The zero-order chi connectivity index (χ0) is 15.6. The molecule has 1 N–H and O–H groups in total. The van der Waals surface area contributed by atoms with E-state index < -0.39 is 0 Å². The number of nitrogens with zero attached hydrogens (tertiary/aromatic N) is 1. The lowest BCUT2D eigenvalue weighted by atomic mass is 9.88. The maximum atomic E-state index is 12.7. The van der Waals surface area contributed by atoms with Gasteiger partial charge in [-0.2, -0.15) is 0 Å². The van der Waals surface area contributed by atoms with Crippen molar-refractivity contribution in [3.63, 3.8) is 0 Å². The number of rotatable bonds is 2. The topological polar surface area (TPSA) is 50.8 Å². The van der Waals surface area contributed by atoms with Gasteiger partial charge in [-0.25, -0.2) is 0 Å². The number of hydrogen-bond donors (Lipinski definition) is 1. The number of ether oxygens (including phenoxy) is 2. The Labute approximate surface area is 136 Å². The highest BCUT2D eigenvalue weighted by Crippen LogP contribution is 2.32. The number of fused-ring (bicyclic) bond motifs is 1. The molecule has 3 aliphatic heterocycles. The van der Waals surface area contributed by atoms with Crippen LogP contribution in [0.4, 0.5) is 0 Å². The molecule has 2 saturated heterocycles. The van der Waals surface area contributed by atoms with Crippen molar-refractivity contribution in [1.29, 1.82) is 0 Å². The van der Waals surface area contributed by atoms with Crippen LogP contribution in [-0.4, -0.2) is 49.7 Å². The van der Waals surface area contributed by atoms with Gasteiger partial charge >= 0.3 is 0 Å². The molecule has 1 aromatic rings. The normalized spacial score (nSPS) is 24.7. The van der Waals surface area contributed by atoms with Crippen LogP contribution in [0.15, 0.2) is 18.2 Å². The van der Waals surface area contributed by atoms with E-state index in [0.29, 0.717) is 30.6 Å². The lowest BCUT2D eigenvalue weighted by molar-refractivity contribution is 0.0673. The molecule has 1 amide bonds. The van der Waals surface area contributed by atoms with Gasteiger partial charge in [0.05, 0.1) is 0 Å². The van der Waals surface area contributed by atoms with E-state index in [2.05, 4.69) is 5.32 Å². The van der Waals surface area contributed by atoms with Crippen LogP contribution in [0.2, 0.25) is 0 Å². The molecule has 1 atom stereocenters. The number of piperidine rings is 1. The Hall–Kier alpha value is -1.75. The van der Waals surface area contributed by atoms with Gasteiger partial charge in [-0.05, 0) is 56.3 Å². The van der Waals surface area contributed by atoms with Crippen molar-refractivity contribution in [2.45, 2.75) is 31.7 Å². The molecule has 3 heterocycles. The van der Waals surface area contributed by atoms with Crippen LogP contribution >= 0.6 is 0 Å². The Bertz CT molecular complexity index is 576. The van der Waals surface area contributed by atoms with Gasteiger partial charge in [0.2, 0.25) is 0 Å². The van der Waals surface area contributed by atoms with Crippen LogP contribution in [0, 0.1) is 5.92 Å². The van der Waals surface area contributed by atoms with E-state index in [9.17, 15) is 4.79 Å². The monoisotopic (exact) mass is 316 g/mol. The molecule has 0 radical (unpaired) electrons. The first kappa shape index (κ1) is 14.8. The second-order valence-electron chi connectivity index (χ2n) is 6.69. The Morgan fingerprint density at radius 2 is 1.87 bits per heavy atom. The van der Waals surface area contributed by atoms with Gasteiger partial charge in [0.25, 0.3) is 5.91 Å². The number of carbonyl (C=O) groups is 1. The molecular weight excluding hydrogens is 292 g/mol. The molecule has 3 aliphatic rings. The highest BCUT2D eigenvalue weighted by Gasteiger charge is 2.30. The van der Waals surface area contributed by atoms with Crippen molar-refractivity contribution in [2.75, 3.05) is 32.8 Å². The third-order valence-electron chi connectivity index (χ3n) is 5.28. The highest BCUT2D eigenvalue weighted by atomic mass is 16.6. The fourth-order valence-electron chi connectivity index (χ4n) is 3.98. The molecular formula is C18H24N2O3. The molecule has 5 heteroatoms. The molecule has 0 aliphatic carbocycles. The van der Waals surface area contributed by atoms with E-state index in [-0.39, 0.29) is 5.91 Å². The number of benzene rings is 1. The number of carbonyl (C=O) groups excluding carboxylic acids is 1. The summed E-state index contributed by atoms with van der Waals surface area (Å²) in [4.78, 5) is 14.7. The van der Waals surface area contributed by atoms with Crippen LogP contribution in [0.5, 0.6) is 11.5 Å². The van der Waals surface area contributed by atoms with Gasteiger partial charge in [-0.1, -0.05) is 0 Å². The van der Waals surface area contributed by atoms with Gasteiger partial charge in [0, 0.05) is 24.7 Å². The first-order valence-electron chi connectivity index (χ1n) is 8.73. The summed E-state index contributed by atoms with van der Waals surface area (Å²) in [6, 6.07) is 6.18. The molecule has 0 saturated carbocycles. The number of hydrogen-bond acceptors (Lipinski definition) is 4. The summed E-state index contributed by atoms with van der Waals surface area (Å²) in [5, 5.41) is 3.60. The molecule has 0 spiro atoms. The van der Waals surface area contributed by atoms with Crippen LogP contribution in [0.3, 0.4) is 0 Å². The summed E-state index contributed by atoms with van der Waals surface area (Å²) in [7, 11) is 0. The molecule has 1 unspecified atom stereocenters. The quantitative estimate of drug-likeness (QED) is 0.907. The van der Waals surface area contributed by atoms with E-state index >= 15 is 0 Å². The molecule has 0 aromatic heterocycles. The van der Waals surface area contributed by atoms with Crippen LogP contribution in [-0.2, 0) is 0 Å². The zero-order valence-electron chi connectivity index (χ0n) is 13.4. The Kier molecular flexibility index (Phi) is 4.12. The van der Waals surface area contributed by atoms with E-state index in [0.717, 1.165) is 44.1 Å². The van der Waals surface area contributed by atoms with Crippen molar-refractivity contribution in [1.82, 2.24) is 10.2 Å². The molecule has 0 bridgehead atoms. The average Bonchev–Trinajstić information content (AvgIpc) is 3.15. The molecule has 23 heavy (non-hydrogen) atoms. The lowest BCUT2D eigenvalue weighted by Crippen LogP contribution is -2.43. The molecule has 124 valence electrons. The summed E-state index contributed by atoms with van der Waals surface area (Å²) >= 11 is 0. The van der Waals surface area contributed by atoms with E-state index in [1.165, 1.54) is 12.8 Å².